The summed E-state index contributed by atoms with van der Waals surface area (Å²) in [6.07, 6.45) is 2.72. The van der Waals surface area contributed by atoms with Gasteiger partial charge < -0.3 is 15.4 Å². The molecule has 7 nitrogen and oxygen atoms in total. The number of nitrogens with one attached hydrogen (secondary N) is 2. The van der Waals surface area contributed by atoms with Crippen molar-refractivity contribution in [3.8, 4) is 0 Å². The van der Waals surface area contributed by atoms with Crippen molar-refractivity contribution in [1.29, 1.82) is 0 Å². The standard InChI is InChI=1S/C21H17N3O4/c1-28-21(27)17-9-5-6-10-18(17)24-20(26)15-11-14(12-22-13-15)19(25)23-16-7-3-2-4-8-16/h2-13H,1H3,(H,23,25)(H,24,26). The van der Waals surface area contributed by atoms with Crippen LogP contribution in [0.25, 0.3) is 0 Å². The minimum absolute atomic E-state index is 0.181. The predicted octanol–water partition coefficient (Wildman–Crippen LogP) is 3.37. The Morgan fingerprint density at radius 3 is 2.11 bits per heavy atom. The average Bonchev–Trinajstić information content (AvgIpc) is 2.74. The topological polar surface area (TPSA) is 97.4 Å². The van der Waals surface area contributed by atoms with Gasteiger partial charge in [-0.1, -0.05) is 30.3 Å². The molecule has 7 heteroatoms. The fourth-order valence-electron chi connectivity index (χ4n) is 2.49. The number of aromatic nitrogens is 1. The lowest BCUT2D eigenvalue weighted by Crippen LogP contribution is -2.17. The summed E-state index contributed by atoms with van der Waals surface area (Å²) in [7, 11) is 1.26. The molecule has 0 saturated heterocycles. The second kappa shape index (κ2) is 8.59. The Bertz CT molecular complexity index is 1020. The minimum Gasteiger partial charge on any atom is -0.465 e. The van der Waals surface area contributed by atoms with Crippen LogP contribution in [0.4, 0.5) is 11.4 Å². The Morgan fingerprint density at radius 1 is 0.821 bits per heavy atom. The number of esters is 1. The lowest BCUT2D eigenvalue weighted by Gasteiger charge is -2.10. The van der Waals surface area contributed by atoms with Crippen molar-refractivity contribution in [3.05, 3.63) is 89.7 Å². The van der Waals surface area contributed by atoms with Gasteiger partial charge in [-0.15, -0.1) is 0 Å². The molecule has 0 unspecified atom stereocenters. The summed E-state index contributed by atoms with van der Waals surface area (Å²) < 4.78 is 4.72. The molecule has 2 aromatic carbocycles. The molecule has 0 aliphatic rings. The monoisotopic (exact) mass is 375 g/mol. The number of para-hydroxylation sites is 2. The largest absolute Gasteiger partial charge is 0.465 e. The van der Waals surface area contributed by atoms with Gasteiger partial charge in [-0.2, -0.15) is 0 Å². The molecule has 1 aromatic heterocycles. The van der Waals surface area contributed by atoms with Crippen molar-refractivity contribution in [3.63, 3.8) is 0 Å². The van der Waals surface area contributed by atoms with E-state index in [4.69, 9.17) is 4.74 Å². The van der Waals surface area contributed by atoms with E-state index in [1.165, 1.54) is 25.6 Å². The van der Waals surface area contributed by atoms with Gasteiger partial charge in [0.1, 0.15) is 0 Å². The van der Waals surface area contributed by atoms with Gasteiger partial charge in [0.05, 0.1) is 29.5 Å². The first-order valence-corrected chi connectivity index (χ1v) is 8.38. The number of amides is 2. The molecule has 0 aliphatic carbocycles. The van der Waals surface area contributed by atoms with Crippen molar-refractivity contribution >= 4 is 29.2 Å². The number of carbonyl (C=O) groups is 3. The maximum absolute atomic E-state index is 12.6. The van der Waals surface area contributed by atoms with E-state index in [0.717, 1.165) is 0 Å². The molecule has 3 aromatic rings. The van der Waals surface area contributed by atoms with Gasteiger partial charge in [0.25, 0.3) is 11.8 Å². The number of methoxy groups -OCH3 is 1. The third-order valence-corrected chi connectivity index (χ3v) is 3.87. The lowest BCUT2D eigenvalue weighted by atomic mass is 10.1. The maximum atomic E-state index is 12.6. The first-order valence-electron chi connectivity index (χ1n) is 8.38. The van der Waals surface area contributed by atoms with Crippen LogP contribution in [0, 0.1) is 0 Å². The van der Waals surface area contributed by atoms with Gasteiger partial charge >= 0.3 is 5.97 Å². The van der Waals surface area contributed by atoms with Crippen LogP contribution in [0.3, 0.4) is 0 Å². The van der Waals surface area contributed by atoms with Gasteiger partial charge in [0.2, 0.25) is 0 Å². The number of carbonyl (C=O) groups excluding carboxylic acids is 3. The van der Waals surface area contributed by atoms with Crippen LogP contribution in [0.2, 0.25) is 0 Å². The zero-order valence-corrected chi connectivity index (χ0v) is 15.0. The number of anilines is 2. The number of pyridine rings is 1. The average molecular weight is 375 g/mol. The Labute approximate surface area is 161 Å². The summed E-state index contributed by atoms with van der Waals surface area (Å²) in [6.45, 7) is 0. The van der Waals surface area contributed by atoms with Gasteiger partial charge in [-0.3, -0.25) is 14.6 Å². The summed E-state index contributed by atoms with van der Waals surface area (Å²) in [5.41, 5.74) is 1.58. The van der Waals surface area contributed by atoms with E-state index in [-0.39, 0.29) is 22.6 Å². The Hall–Kier alpha value is -4.00. The highest BCUT2D eigenvalue weighted by molar-refractivity contribution is 6.10. The Kier molecular flexibility index (Phi) is 5.76. The molecule has 0 spiro atoms. The summed E-state index contributed by atoms with van der Waals surface area (Å²) in [5.74, 6) is -1.45. The van der Waals surface area contributed by atoms with Crippen LogP contribution in [-0.4, -0.2) is 29.9 Å². The third-order valence-electron chi connectivity index (χ3n) is 3.87. The number of ether oxygens (including phenoxy) is 1. The fourth-order valence-corrected chi connectivity index (χ4v) is 2.49. The molecule has 28 heavy (non-hydrogen) atoms. The third kappa shape index (κ3) is 4.39. The number of hydrogen-bond acceptors (Lipinski definition) is 5. The molecule has 0 radical (unpaired) electrons. The first kappa shape index (κ1) is 18.8. The van der Waals surface area contributed by atoms with E-state index in [0.29, 0.717) is 11.4 Å². The van der Waals surface area contributed by atoms with E-state index in [2.05, 4.69) is 15.6 Å². The summed E-state index contributed by atoms with van der Waals surface area (Å²) in [5, 5.41) is 5.38. The molecule has 140 valence electrons. The van der Waals surface area contributed by atoms with Crippen molar-refractivity contribution in [1.82, 2.24) is 4.98 Å². The normalized spacial score (nSPS) is 10.0. The quantitative estimate of drug-likeness (QED) is 0.667. The van der Waals surface area contributed by atoms with Crippen LogP contribution in [0.1, 0.15) is 31.1 Å². The van der Waals surface area contributed by atoms with E-state index >= 15 is 0 Å². The predicted molar refractivity (Wildman–Crippen MR) is 104 cm³/mol. The van der Waals surface area contributed by atoms with Crippen LogP contribution in [-0.2, 0) is 4.74 Å². The Balaban J connectivity index is 1.78. The van der Waals surface area contributed by atoms with Crippen LogP contribution in [0.15, 0.2) is 73.1 Å². The molecule has 2 amide bonds. The number of hydrogen-bond donors (Lipinski definition) is 2. The molecule has 0 fully saturated rings. The summed E-state index contributed by atoms with van der Waals surface area (Å²) in [4.78, 5) is 40.8. The van der Waals surface area contributed by atoms with Crippen molar-refractivity contribution in [2.45, 2.75) is 0 Å². The van der Waals surface area contributed by atoms with Crippen molar-refractivity contribution in [2.24, 2.45) is 0 Å². The second-order valence-corrected chi connectivity index (χ2v) is 5.77. The lowest BCUT2D eigenvalue weighted by molar-refractivity contribution is 0.0602. The molecule has 3 rings (SSSR count). The first-order chi connectivity index (χ1) is 13.6. The van der Waals surface area contributed by atoms with Crippen LogP contribution >= 0.6 is 0 Å². The van der Waals surface area contributed by atoms with Crippen molar-refractivity contribution < 1.29 is 19.1 Å². The van der Waals surface area contributed by atoms with E-state index in [1.807, 2.05) is 6.07 Å². The minimum atomic E-state index is -0.565. The van der Waals surface area contributed by atoms with Crippen molar-refractivity contribution in [2.75, 3.05) is 17.7 Å². The molecule has 0 saturated carbocycles. The Morgan fingerprint density at radius 2 is 1.43 bits per heavy atom. The van der Waals surface area contributed by atoms with Gasteiger partial charge in [-0.05, 0) is 30.3 Å². The maximum Gasteiger partial charge on any atom is 0.339 e. The fraction of sp³-hybridized carbons (Fsp3) is 0.0476. The molecular formula is C21H17N3O4. The smallest absolute Gasteiger partial charge is 0.339 e. The number of benzene rings is 2. The second-order valence-electron chi connectivity index (χ2n) is 5.77. The highest BCUT2D eigenvalue weighted by atomic mass is 16.5. The highest BCUT2D eigenvalue weighted by Crippen LogP contribution is 2.17. The van der Waals surface area contributed by atoms with E-state index in [1.54, 1.807) is 48.5 Å². The summed E-state index contributed by atoms with van der Waals surface area (Å²) in [6, 6.07) is 16.9. The molecule has 0 aliphatic heterocycles. The van der Waals surface area contributed by atoms with Gasteiger partial charge in [0, 0.05) is 18.1 Å². The summed E-state index contributed by atoms with van der Waals surface area (Å²) >= 11 is 0. The molecule has 2 N–H and O–H groups in total. The van der Waals surface area contributed by atoms with Crippen LogP contribution < -0.4 is 10.6 Å². The highest BCUT2D eigenvalue weighted by Gasteiger charge is 2.16. The number of nitrogens with zero attached hydrogens (tertiary/aromatic N) is 1. The molecular weight excluding hydrogens is 358 g/mol. The molecule has 0 atom stereocenters. The molecule has 0 bridgehead atoms. The van der Waals surface area contributed by atoms with Gasteiger partial charge in [-0.25, -0.2) is 4.79 Å². The van der Waals surface area contributed by atoms with E-state index < -0.39 is 11.9 Å². The van der Waals surface area contributed by atoms with E-state index in [9.17, 15) is 14.4 Å². The zero-order chi connectivity index (χ0) is 19.9. The number of rotatable bonds is 5. The zero-order valence-electron chi connectivity index (χ0n) is 15.0. The van der Waals surface area contributed by atoms with Crippen LogP contribution in [0.5, 0.6) is 0 Å². The van der Waals surface area contributed by atoms with Gasteiger partial charge in [0.15, 0.2) is 0 Å². The molecule has 1 heterocycles. The SMILES string of the molecule is COC(=O)c1ccccc1NC(=O)c1cncc(C(=O)Nc2ccccc2)c1.